The monoisotopic (exact) mass is 553 g/mol. The van der Waals surface area contributed by atoms with E-state index in [1.165, 1.54) is 0 Å². The van der Waals surface area contributed by atoms with Crippen LogP contribution in [0.4, 0.5) is 4.79 Å². The molecule has 0 saturated carbocycles. The summed E-state index contributed by atoms with van der Waals surface area (Å²) in [7, 11) is -4.22. The molecule has 7 nitrogen and oxygen atoms in total. The lowest BCUT2D eigenvalue weighted by atomic mass is 10.0. The van der Waals surface area contributed by atoms with Crippen LogP contribution in [0.2, 0.25) is 38.3 Å². The quantitative estimate of drug-likeness (QED) is 0.292. The van der Waals surface area contributed by atoms with E-state index in [1.54, 1.807) is 20.8 Å². The molecule has 212 valence electrons. The van der Waals surface area contributed by atoms with Gasteiger partial charge in [0.25, 0.3) is 0 Å². The minimum absolute atomic E-state index is 0.0925. The van der Waals surface area contributed by atoms with Crippen molar-refractivity contribution in [3.63, 3.8) is 0 Å². The summed E-state index contributed by atoms with van der Waals surface area (Å²) in [5.41, 5.74) is 0.265. The van der Waals surface area contributed by atoms with Crippen molar-refractivity contribution in [2.75, 3.05) is 0 Å². The molecule has 0 aliphatic heterocycles. The van der Waals surface area contributed by atoms with E-state index < -0.39 is 40.3 Å². The fourth-order valence-corrected chi connectivity index (χ4v) is 11.7. The molecule has 0 spiro atoms. The second kappa shape index (κ2) is 11.8. The summed E-state index contributed by atoms with van der Waals surface area (Å²) >= 11 is 0. The van der Waals surface area contributed by atoms with Gasteiger partial charge in [-0.3, -0.25) is 0 Å². The van der Waals surface area contributed by atoms with Gasteiger partial charge in [-0.05, 0) is 87.6 Å². The summed E-state index contributed by atoms with van der Waals surface area (Å²) in [6.07, 6.45) is -0.667. The van der Waals surface area contributed by atoms with Crippen LogP contribution in [0.25, 0.3) is 0 Å². The fraction of sp³-hybridized carbons (Fsp3) is 0.714. The molecule has 37 heavy (non-hydrogen) atoms. The molecule has 2 N–H and O–H groups in total. The van der Waals surface area contributed by atoms with Gasteiger partial charge in [0.2, 0.25) is 16.6 Å². The van der Waals surface area contributed by atoms with E-state index in [2.05, 4.69) is 73.0 Å². The number of amides is 1. The first-order chi connectivity index (χ1) is 16.4. The Labute approximate surface area is 226 Å². The summed E-state index contributed by atoms with van der Waals surface area (Å²) in [5, 5.41) is 12.2. The van der Waals surface area contributed by atoms with E-state index in [9.17, 15) is 14.7 Å². The number of carbonyl (C=O) groups excluding carboxylic acids is 1. The van der Waals surface area contributed by atoms with E-state index in [-0.39, 0.29) is 17.3 Å². The van der Waals surface area contributed by atoms with E-state index >= 15 is 0 Å². The molecular formula is C28H51NO6Si2. The van der Waals surface area contributed by atoms with Gasteiger partial charge in [0.1, 0.15) is 23.1 Å². The van der Waals surface area contributed by atoms with E-state index in [1.807, 2.05) is 18.2 Å². The molecule has 1 atom stereocenters. The number of nitrogens with one attached hydrogen (secondary N) is 1. The zero-order valence-electron chi connectivity index (χ0n) is 25.4. The van der Waals surface area contributed by atoms with Crippen LogP contribution in [-0.4, -0.2) is 45.4 Å². The third kappa shape index (κ3) is 13.9. The van der Waals surface area contributed by atoms with Crippen molar-refractivity contribution >= 4 is 28.7 Å². The van der Waals surface area contributed by atoms with Crippen molar-refractivity contribution in [1.29, 1.82) is 0 Å². The molecule has 0 aromatic heterocycles. The number of carboxylic acids is 1. The second-order valence-electron chi connectivity index (χ2n) is 14.7. The van der Waals surface area contributed by atoms with Gasteiger partial charge < -0.3 is 24.0 Å². The average Bonchev–Trinajstić information content (AvgIpc) is 2.56. The van der Waals surface area contributed by atoms with Crippen LogP contribution < -0.4 is 14.2 Å². The highest BCUT2D eigenvalue weighted by Gasteiger charge is 2.35. The van der Waals surface area contributed by atoms with Crippen molar-refractivity contribution in [2.24, 2.45) is 10.8 Å². The predicted octanol–water partition coefficient (Wildman–Crippen LogP) is 7.47. The van der Waals surface area contributed by atoms with E-state index in [0.717, 1.165) is 17.7 Å². The first-order valence-corrected chi connectivity index (χ1v) is 19.3. The van der Waals surface area contributed by atoms with Gasteiger partial charge in [-0.25, -0.2) is 9.59 Å². The minimum atomic E-state index is -2.14. The highest BCUT2D eigenvalue weighted by Crippen LogP contribution is 2.38. The van der Waals surface area contributed by atoms with Crippen LogP contribution in [0, 0.1) is 10.8 Å². The number of hydrogen-bond acceptors (Lipinski definition) is 5. The molecule has 0 aliphatic carbocycles. The molecule has 0 heterocycles. The lowest BCUT2D eigenvalue weighted by Gasteiger charge is -2.34. The standard InChI is InChI=1S/C28H51NO6Si2/c1-26(2,3)18-36(10,11)34-22-15-14-20(17-23(22)35-37(12,13)19-27(4,5)6)16-21(24(30)31)29-25(32)33-28(7,8)9/h14-15,17,21H,16,18-19H2,1-13H3,(H,29,32)(H,30,31)/t21-/m0/s1. The summed E-state index contributed by atoms with van der Waals surface area (Å²) < 4.78 is 18.6. The normalized spacial score (nSPS) is 14.1. The largest absolute Gasteiger partial charge is 0.542 e. The summed E-state index contributed by atoms with van der Waals surface area (Å²) in [6, 6.07) is 6.40. The van der Waals surface area contributed by atoms with Crippen LogP contribution in [-0.2, 0) is 16.0 Å². The van der Waals surface area contributed by atoms with Crippen molar-refractivity contribution in [3.05, 3.63) is 23.8 Å². The van der Waals surface area contributed by atoms with Crippen molar-refractivity contribution in [3.8, 4) is 11.5 Å². The van der Waals surface area contributed by atoms with Crippen LogP contribution in [0.5, 0.6) is 11.5 Å². The minimum Gasteiger partial charge on any atom is -0.542 e. The SMILES string of the molecule is CC(C)(C)C[Si](C)(C)Oc1ccc(C[C@H](NC(=O)OC(C)(C)C)C(=O)O)cc1O[Si](C)(C)CC(C)(C)C. The third-order valence-electron chi connectivity index (χ3n) is 5.12. The maximum absolute atomic E-state index is 12.2. The Kier molecular flexibility index (Phi) is 10.5. The van der Waals surface area contributed by atoms with Crippen molar-refractivity contribution in [1.82, 2.24) is 5.32 Å². The van der Waals surface area contributed by atoms with Gasteiger partial charge in [-0.2, -0.15) is 0 Å². The Morgan fingerprint density at radius 3 is 1.70 bits per heavy atom. The number of alkyl carbamates (subject to hydrolysis) is 1. The molecule has 9 heteroatoms. The average molecular weight is 554 g/mol. The summed E-state index contributed by atoms with van der Waals surface area (Å²) in [6.45, 7) is 27.3. The number of hydrogen-bond donors (Lipinski definition) is 2. The molecule has 1 aromatic rings. The highest BCUT2D eigenvalue weighted by molar-refractivity contribution is 6.72. The number of aliphatic carboxylic acids is 1. The number of benzene rings is 1. The summed E-state index contributed by atoms with van der Waals surface area (Å²) in [4.78, 5) is 24.2. The number of carboxylic acid groups (broad SMARTS) is 1. The Bertz CT molecular complexity index is 939. The molecule has 0 radical (unpaired) electrons. The smallest absolute Gasteiger partial charge is 0.408 e. The van der Waals surface area contributed by atoms with Crippen LogP contribution in [0.1, 0.15) is 67.9 Å². The topological polar surface area (TPSA) is 94.1 Å². The van der Waals surface area contributed by atoms with Gasteiger partial charge in [0.05, 0.1) is 0 Å². The van der Waals surface area contributed by atoms with Crippen LogP contribution >= 0.6 is 0 Å². The molecule has 1 amide bonds. The maximum Gasteiger partial charge on any atom is 0.408 e. The molecule has 0 unspecified atom stereocenters. The lowest BCUT2D eigenvalue weighted by Crippen LogP contribution is -2.44. The van der Waals surface area contributed by atoms with Crippen molar-refractivity contribution in [2.45, 2.75) is 119 Å². The lowest BCUT2D eigenvalue weighted by molar-refractivity contribution is -0.139. The molecule has 1 rings (SSSR count). The maximum atomic E-state index is 12.2. The Morgan fingerprint density at radius 2 is 1.30 bits per heavy atom. The molecule has 0 saturated heterocycles. The van der Waals surface area contributed by atoms with Crippen molar-refractivity contribution < 1.29 is 28.3 Å². The van der Waals surface area contributed by atoms with Crippen LogP contribution in [0.15, 0.2) is 18.2 Å². The second-order valence-corrected chi connectivity index (χ2v) is 22.9. The molecule has 0 aliphatic rings. The van der Waals surface area contributed by atoms with Gasteiger partial charge in [-0.15, -0.1) is 0 Å². The summed E-state index contributed by atoms with van der Waals surface area (Å²) in [5.74, 6) is 0.218. The zero-order chi connectivity index (χ0) is 29.0. The first kappa shape index (κ1) is 33.0. The highest BCUT2D eigenvalue weighted by atomic mass is 28.4. The Hall–Kier alpha value is -2.01. The van der Waals surface area contributed by atoms with Gasteiger partial charge in [-0.1, -0.05) is 47.6 Å². The fourth-order valence-electron chi connectivity index (χ4n) is 4.95. The van der Waals surface area contributed by atoms with Gasteiger partial charge in [0.15, 0.2) is 0 Å². The van der Waals surface area contributed by atoms with Gasteiger partial charge in [0, 0.05) is 6.42 Å². The Balaban J connectivity index is 3.34. The zero-order valence-corrected chi connectivity index (χ0v) is 27.4. The number of ether oxygens (including phenoxy) is 1. The molecular weight excluding hydrogens is 502 g/mol. The third-order valence-corrected chi connectivity index (χ3v) is 10.5. The molecule has 1 aromatic carbocycles. The van der Waals surface area contributed by atoms with Crippen LogP contribution in [0.3, 0.4) is 0 Å². The van der Waals surface area contributed by atoms with E-state index in [4.69, 9.17) is 13.6 Å². The molecule has 0 bridgehead atoms. The Morgan fingerprint density at radius 1 is 0.838 bits per heavy atom. The van der Waals surface area contributed by atoms with Gasteiger partial charge >= 0.3 is 12.1 Å². The number of carbonyl (C=O) groups is 2. The molecule has 0 fully saturated rings. The first-order valence-electron chi connectivity index (χ1n) is 13.1. The van der Waals surface area contributed by atoms with E-state index in [0.29, 0.717) is 11.5 Å². The predicted molar refractivity (Wildman–Crippen MR) is 156 cm³/mol. The number of rotatable bonds is 10.